The third kappa shape index (κ3) is 7.56. The Hall–Kier alpha value is -1.08. The van der Waals surface area contributed by atoms with Gasteiger partial charge in [-0.15, -0.1) is 0 Å². The van der Waals surface area contributed by atoms with E-state index in [1.54, 1.807) is 0 Å². The largest absolute Gasteiger partial charge is 0.412 e. The number of rotatable bonds is 5. The minimum Gasteiger partial charge on any atom is -0.412 e. The highest BCUT2D eigenvalue weighted by Crippen LogP contribution is 2.43. The lowest BCUT2D eigenvalue weighted by Crippen LogP contribution is -2.55. The van der Waals surface area contributed by atoms with Crippen LogP contribution in [-0.4, -0.2) is 60.6 Å². The fraction of sp³-hybridized carbons (Fsp3) is 0.783. The average molecular weight is 445 g/mol. The standard InChI is InChI=1S/C22H37ClN4.CH4.2H2O/c1-16(2)20(26-21-24-11-5-12-25-21)14-27-13-10-19(22(3,4)15-27)17-6-8-18(23)9-7-17;;;/h6,8-9,16-17,19-20H,5,7,10-15H2,1-4H3,(H2,24,25,26);1H4;2*1H2/t17?,19?,20-;;;/m0.../s1. The summed E-state index contributed by atoms with van der Waals surface area (Å²) >= 11 is 6.13. The summed E-state index contributed by atoms with van der Waals surface area (Å²) in [6.45, 7) is 14.9. The van der Waals surface area contributed by atoms with Gasteiger partial charge in [-0.05, 0) is 55.1 Å². The lowest BCUT2D eigenvalue weighted by molar-refractivity contribution is 0.0264. The Morgan fingerprint density at radius 3 is 2.60 bits per heavy atom. The summed E-state index contributed by atoms with van der Waals surface area (Å²) in [5.74, 6) is 2.92. The van der Waals surface area contributed by atoms with Crippen molar-refractivity contribution in [2.24, 2.45) is 28.2 Å². The van der Waals surface area contributed by atoms with E-state index in [9.17, 15) is 0 Å². The van der Waals surface area contributed by atoms with E-state index in [2.05, 4.69) is 66.4 Å². The van der Waals surface area contributed by atoms with Crippen molar-refractivity contribution in [3.8, 4) is 0 Å². The Kier molecular flexibility index (Phi) is 12.2. The van der Waals surface area contributed by atoms with Crippen molar-refractivity contribution in [3.63, 3.8) is 0 Å². The molecule has 3 rings (SSSR count). The summed E-state index contributed by atoms with van der Waals surface area (Å²) in [5, 5.41) is 7.98. The van der Waals surface area contributed by atoms with Gasteiger partial charge < -0.3 is 26.5 Å². The highest BCUT2D eigenvalue weighted by atomic mass is 35.5. The second kappa shape index (κ2) is 12.7. The van der Waals surface area contributed by atoms with E-state index in [1.807, 2.05) is 0 Å². The molecule has 3 aliphatic rings. The quantitative estimate of drug-likeness (QED) is 0.681. The van der Waals surface area contributed by atoms with Crippen LogP contribution < -0.4 is 10.6 Å². The van der Waals surface area contributed by atoms with Crippen molar-refractivity contribution in [2.75, 3.05) is 32.7 Å². The molecule has 7 heteroatoms. The number of nitrogens with zero attached hydrogens (tertiary/aromatic N) is 2. The molecule has 0 radical (unpaired) electrons. The predicted molar refractivity (Wildman–Crippen MR) is 130 cm³/mol. The first-order chi connectivity index (χ1) is 12.8. The first-order valence-electron chi connectivity index (χ1n) is 10.7. The van der Waals surface area contributed by atoms with Crippen LogP contribution in [0.5, 0.6) is 0 Å². The maximum Gasteiger partial charge on any atom is 0.191 e. The fourth-order valence-corrected chi connectivity index (χ4v) is 5.01. The Labute approximate surface area is 188 Å². The van der Waals surface area contributed by atoms with Crippen LogP contribution in [0.15, 0.2) is 28.3 Å². The van der Waals surface area contributed by atoms with Gasteiger partial charge in [0.25, 0.3) is 0 Å². The van der Waals surface area contributed by atoms with Crippen LogP contribution in [-0.2, 0) is 0 Å². The number of likely N-dealkylation sites (tertiary alicyclic amines) is 1. The molecule has 0 amide bonds. The molecule has 1 aliphatic carbocycles. The second-order valence-corrected chi connectivity index (χ2v) is 9.91. The minimum atomic E-state index is 0. The van der Waals surface area contributed by atoms with E-state index in [0.29, 0.717) is 23.3 Å². The second-order valence-electron chi connectivity index (χ2n) is 9.47. The number of guanidine groups is 1. The van der Waals surface area contributed by atoms with Gasteiger partial charge in [0.1, 0.15) is 0 Å². The van der Waals surface area contributed by atoms with Gasteiger partial charge in [-0.25, -0.2) is 0 Å². The molecule has 1 fully saturated rings. The molecule has 0 aromatic carbocycles. The number of nitrogens with one attached hydrogen (secondary N) is 2. The number of piperidine rings is 1. The lowest BCUT2D eigenvalue weighted by atomic mass is 9.66. The van der Waals surface area contributed by atoms with E-state index in [-0.39, 0.29) is 18.4 Å². The van der Waals surface area contributed by atoms with E-state index >= 15 is 0 Å². The Bertz CT molecular complexity index is 604. The molecule has 0 aromatic rings. The average Bonchev–Trinajstić information content (AvgIpc) is 2.62. The van der Waals surface area contributed by atoms with Crippen molar-refractivity contribution in [1.82, 2.24) is 15.5 Å². The lowest BCUT2D eigenvalue weighted by Gasteiger charge is -2.48. The monoisotopic (exact) mass is 444 g/mol. The van der Waals surface area contributed by atoms with Gasteiger partial charge in [0.15, 0.2) is 5.96 Å². The summed E-state index contributed by atoms with van der Waals surface area (Å²) < 4.78 is 0. The third-order valence-corrected chi connectivity index (χ3v) is 6.75. The highest BCUT2D eigenvalue weighted by molar-refractivity contribution is 6.31. The zero-order valence-electron chi connectivity index (χ0n) is 18.5. The summed E-state index contributed by atoms with van der Waals surface area (Å²) in [6.07, 6.45) is 10.1. The van der Waals surface area contributed by atoms with Crippen molar-refractivity contribution >= 4 is 17.6 Å². The molecule has 0 spiro atoms. The molecule has 6 nitrogen and oxygen atoms in total. The van der Waals surface area contributed by atoms with Crippen LogP contribution in [0.25, 0.3) is 0 Å². The number of hydrogen-bond donors (Lipinski definition) is 2. The minimum absolute atomic E-state index is 0. The maximum atomic E-state index is 6.13. The van der Waals surface area contributed by atoms with Gasteiger partial charge in [0.2, 0.25) is 0 Å². The van der Waals surface area contributed by atoms with Gasteiger partial charge in [0, 0.05) is 37.3 Å². The first-order valence-corrected chi connectivity index (χ1v) is 11.0. The van der Waals surface area contributed by atoms with Crippen molar-refractivity contribution in [2.45, 2.75) is 60.4 Å². The van der Waals surface area contributed by atoms with Crippen LogP contribution in [0.3, 0.4) is 0 Å². The fourth-order valence-electron chi connectivity index (χ4n) is 4.85. The molecule has 6 N–H and O–H groups in total. The summed E-state index contributed by atoms with van der Waals surface area (Å²) in [6, 6.07) is 0.429. The van der Waals surface area contributed by atoms with E-state index in [1.165, 1.54) is 13.0 Å². The summed E-state index contributed by atoms with van der Waals surface area (Å²) in [4.78, 5) is 7.26. The Morgan fingerprint density at radius 2 is 2.07 bits per heavy atom. The van der Waals surface area contributed by atoms with Crippen LogP contribution >= 0.6 is 11.6 Å². The topological polar surface area (TPSA) is 103 Å². The molecule has 0 bridgehead atoms. The molecule has 2 aliphatic heterocycles. The number of aliphatic imine (C=N–C) groups is 1. The number of halogens is 1. The molecule has 3 atom stereocenters. The molecule has 1 saturated heterocycles. The molecule has 2 unspecified atom stereocenters. The van der Waals surface area contributed by atoms with Crippen LogP contribution in [0.1, 0.15) is 54.4 Å². The number of hydrogen-bond acceptors (Lipinski definition) is 4. The van der Waals surface area contributed by atoms with E-state index < -0.39 is 0 Å². The van der Waals surface area contributed by atoms with Crippen molar-refractivity contribution in [1.29, 1.82) is 0 Å². The van der Waals surface area contributed by atoms with Crippen LogP contribution in [0.4, 0.5) is 0 Å². The smallest absolute Gasteiger partial charge is 0.191 e. The Morgan fingerprint density at radius 1 is 1.33 bits per heavy atom. The van der Waals surface area contributed by atoms with Gasteiger partial charge in [-0.2, -0.15) is 0 Å². The van der Waals surface area contributed by atoms with Gasteiger partial charge in [0.05, 0.1) is 0 Å². The SMILES string of the molecule is C.CC(C)[C@H](CN1CCC(C2C=CC(Cl)=CC2)C(C)(C)C1)NC1=NCCCN1.O.O. The van der Waals surface area contributed by atoms with Gasteiger partial charge in [-0.1, -0.05) is 58.9 Å². The predicted octanol–water partition coefficient (Wildman–Crippen LogP) is 2.98. The molecule has 176 valence electrons. The van der Waals surface area contributed by atoms with Crippen molar-refractivity contribution < 1.29 is 11.0 Å². The highest BCUT2D eigenvalue weighted by Gasteiger charge is 2.40. The zero-order valence-corrected chi connectivity index (χ0v) is 19.2. The molecule has 30 heavy (non-hydrogen) atoms. The first kappa shape index (κ1) is 28.9. The van der Waals surface area contributed by atoms with Gasteiger partial charge >= 0.3 is 0 Å². The van der Waals surface area contributed by atoms with Crippen molar-refractivity contribution in [3.05, 3.63) is 23.3 Å². The molecule has 0 aromatic heterocycles. The molecule has 2 heterocycles. The van der Waals surface area contributed by atoms with Crippen LogP contribution in [0, 0.1) is 23.2 Å². The number of allylic oxidation sites excluding steroid dienone is 4. The molecular weight excluding hydrogens is 400 g/mol. The third-order valence-electron chi connectivity index (χ3n) is 6.47. The van der Waals surface area contributed by atoms with E-state index in [0.717, 1.165) is 55.9 Å². The zero-order chi connectivity index (χ0) is 19.4. The summed E-state index contributed by atoms with van der Waals surface area (Å²) in [7, 11) is 0. The summed E-state index contributed by atoms with van der Waals surface area (Å²) in [5.41, 5.74) is 0.313. The normalized spacial score (nSPS) is 26.7. The molecule has 0 saturated carbocycles. The van der Waals surface area contributed by atoms with Gasteiger partial charge in [-0.3, -0.25) is 4.99 Å². The van der Waals surface area contributed by atoms with E-state index in [4.69, 9.17) is 11.6 Å². The maximum absolute atomic E-state index is 6.13. The Balaban J connectivity index is 0.00000280. The van der Waals surface area contributed by atoms with Crippen LogP contribution in [0.2, 0.25) is 0 Å². The molecular formula is C23H45ClN4O2.